The minimum atomic E-state index is -0.596. The molecular formula is C13H15ClO4. The van der Waals surface area contributed by atoms with E-state index in [0.717, 1.165) is 0 Å². The van der Waals surface area contributed by atoms with Crippen molar-refractivity contribution >= 4 is 23.5 Å². The van der Waals surface area contributed by atoms with Crippen molar-refractivity contribution in [2.45, 2.75) is 26.4 Å². The molecule has 0 aliphatic heterocycles. The lowest BCUT2D eigenvalue weighted by atomic mass is 10.1. The van der Waals surface area contributed by atoms with Gasteiger partial charge in [0.2, 0.25) is 0 Å². The number of halogens is 1. The van der Waals surface area contributed by atoms with E-state index in [9.17, 15) is 9.59 Å². The lowest BCUT2D eigenvalue weighted by Gasteiger charge is -2.19. The maximum absolute atomic E-state index is 11.8. The number of benzene rings is 1. The second-order valence-corrected chi connectivity index (χ2v) is 5.10. The molecule has 0 saturated heterocycles. The van der Waals surface area contributed by atoms with Gasteiger partial charge in [0, 0.05) is 0 Å². The van der Waals surface area contributed by atoms with E-state index >= 15 is 0 Å². The van der Waals surface area contributed by atoms with Crippen LogP contribution in [0.1, 0.15) is 41.5 Å². The molecular weight excluding hydrogens is 256 g/mol. The molecule has 98 valence electrons. The van der Waals surface area contributed by atoms with Gasteiger partial charge in [-0.15, -0.1) is 0 Å². The zero-order valence-electron chi connectivity index (χ0n) is 10.7. The van der Waals surface area contributed by atoms with Gasteiger partial charge in [0.25, 0.3) is 0 Å². The van der Waals surface area contributed by atoms with Gasteiger partial charge < -0.3 is 9.47 Å². The van der Waals surface area contributed by atoms with E-state index in [4.69, 9.17) is 16.3 Å². The second-order valence-electron chi connectivity index (χ2n) is 4.69. The van der Waals surface area contributed by atoms with Crippen molar-refractivity contribution in [2.75, 3.05) is 7.11 Å². The highest BCUT2D eigenvalue weighted by Crippen LogP contribution is 2.21. The van der Waals surface area contributed by atoms with E-state index in [2.05, 4.69) is 4.74 Å². The number of hydrogen-bond acceptors (Lipinski definition) is 4. The summed E-state index contributed by atoms with van der Waals surface area (Å²) in [5.41, 5.74) is -0.0874. The first-order chi connectivity index (χ1) is 8.24. The Morgan fingerprint density at radius 1 is 1.17 bits per heavy atom. The third-order valence-electron chi connectivity index (χ3n) is 2.01. The van der Waals surface area contributed by atoms with E-state index < -0.39 is 17.5 Å². The maximum Gasteiger partial charge on any atom is 0.340 e. The van der Waals surface area contributed by atoms with Crippen molar-refractivity contribution in [3.63, 3.8) is 0 Å². The van der Waals surface area contributed by atoms with Crippen molar-refractivity contribution in [1.82, 2.24) is 0 Å². The van der Waals surface area contributed by atoms with Gasteiger partial charge in [0.1, 0.15) is 5.60 Å². The number of methoxy groups -OCH3 is 1. The minimum absolute atomic E-state index is 0.159. The van der Waals surface area contributed by atoms with E-state index in [1.54, 1.807) is 20.8 Å². The Labute approximate surface area is 111 Å². The fourth-order valence-electron chi connectivity index (χ4n) is 1.26. The average Bonchev–Trinajstić information content (AvgIpc) is 2.25. The molecule has 1 aromatic carbocycles. The highest BCUT2D eigenvalue weighted by molar-refractivity contribution is 6.33. The molecule has 0 fully saturated rings. The van der Waals surface area contributed by atoms with Crippen molar-refractivity contribution in [3.8, 4) is 0 Å². The summed E-state index contributed by atoms with van der Waals surface area (Å²) in [6, 6.07) is 4.30. The van der Waals surface area contributed by atoms with Crippen LogP contribution >= 0.6 is 11.6 Å². The topological polar surface area (TPSA) is 52.6 Å². The molecule has 0 unspecified atom stereocenters. The van der Waals surface area contributed by atoms with Crippen molar-refractivity contribution < 1.29 is 19.1 Å². The van der Waals surface area contributed by atoms with Gasteiger partial charge >= 0.3 is 11.9 Å². The number of hydrogen-bond donors (Lipinski definition) is 0. The smallest absolute Gasteiger partial charge is 0.340 e. The number of rotatable bonds is 2. The van der Waals surface area contributed by atoms with E-state index in [1.165, 1.54) is 25.3 Å². The highest BCUT2D eigenvalue weighted by atomic mass is 35.5. The van der Waals surface area contributed by atoms with Gasteiger partial charge in [-0.25, -0.2) is 9.59 Å². The molecule has 18 heavy (non-hydrogen) atoms. The molecule has 5 heteroatoms. The highest BCUT2D eigenvalue weighted by Gasteiger charge is 2.20. The molecule has 0 atom stereocenters. The first kappa shape index (κ1) is 14.5. The molecule has 0 amide bonds. The van der Waals surface area contributed by atoms with Gasteiger partial charge in [-0.05, 0) is 39.0 Å². The Hall–Kier alpha value is -1.55. The monoisotopic (exact) mass is 270 g/mol. The average molecular weight is 271 g/mol. The Kier molecular flexibility index (Phi) is 4.35. The zero-order chi connectivity index (χ0) is 13.9. The summed E-state index contributed by atoms with van der Waals surface area (Å²) in [5, 5.41) is 0.159. The van der Waals surface area contributed by atoms with Crippen LogP contribution < -0.4 is 0 Å². The van der Waals surface area contributed by atoms with Gasteiger partial charge in [0.05, 0.1) is 23.3 Å². The standard InChI is InChI=1S/C13H15ClO4/c1-13(2,3)18-12(16)9-6-5-8(7-10(9)14)11(15)17-4/h5-7H,1-4H3. The van der Waals surface area contributed by atoms with Crippen LogP contribution in [0.3, 0.4) is 0 Å². The lowest BCUT2D eigenvalue weighted by molar-refractivity contribution is 0.00693. The zero-order valence-corrected chi connectivity index (χ0v) is 11.5. The summed E-state index contributed by atoms with van der Waals surface area (Å²) in [7, 11) is 1.28. The number of carbonyl (C=O) groups excluding carboxylic acids is 2. The van der Waals surface area contributed by atoms with E-state index in [0.29, 0.717) is 0 Å². The normalized spacial score (nSPS) is 10.9. The third-order valence-corrected chi connectivity index (χ3v) is 2.32. The van der Waals surface area contributed by atoms with E-state index in [1.807, 2.05) is 0 Å². The third kappa shape index (κ3) is 3.74. The summed E-state index contributed by atoms with van der Waals surface area (Å²) in [6.45, 7) is 5.30. The van der Waals surface area contributed by atoms with Crippen molar-refractivity contribution in [1.29, 1.82) is 0 Å². The number of ether oxygens (including phenoxy) is 2. The Balaban J connectivity index is 2.99. The van der Waals surface area contributed by atoms with E-state index in [-0.39, 0.29) is 16.1 Å². The molecule has 4 nitrogen and oxygen atoms in total. The number of esters is 2. The second kappa shape index (κ2) is 5.40. The van der Waals surface area contributed by atoms with Crippen LogP contribution in [0.2, 0.25) is 5.02 Å². The molecule has 0 aliphatic rings. The Bertz CT molecular complexity index is 474. The summed E-state index contributed by atoms with van der Waals surface area (Å²) in [6.07, 6.45) is 0. The van der Waals surface area contributed by atoms with Gasteiger partial charge in [-0.3, -0.25) is 0 Å². The van der Waals surface area contributed by atoms with Crippen LogP contribution in [0, 0.1) is 0 Å². The van der Waals surface area contributed by atoms with Crippen LogP contribution in [0.5, 0.6) is 0 Å². The molecule has 0 heterocycles. The first-order valence-electron chi connectivity index (χ1n) is 5.36. The molecule has 0 aliphatic carbocycles. The molecule has 0 radical (unpaired) electrons. The fourth-order valence-corrected chi connectivity index (χ4v) is 1.52. The SMILES string of the molecule is COC(=O)c1ccc(C(=O)OC(C)(C)C)c(Cl)c1. The summed E-state index contributed by atoms with van der Waals surface area (Å²) in [4.78, 5) is 23.1. The quantitative estimate of drug-likeness (QED) is 0.775. The largest absolute Gasteiger partial charge is 0.465 e. The van der Waals surface area contributed by atoms with Gasteiger partial charge in [-0.1, -0.05) is 11.6 Å². The minimum Gasteiger partial charge on any atom is -0.465 e. The van der Waals surface area contributed by atoms with Crippen LogP contribution in [0.15, 0.2) is 18.2 Å². The molecule has 0 saturated carbocycles. The Morgan fingerprint density at radius 3 is 2.22 bits per heavy atom. The first-order valence-corrected chi connectivity index (χ1v) is 5.73. The van der Waals surface area contributed by atoms with Gasteiger partial charge in [0.15, 0.2) is 0 Å². The van der Waals surface area contributed by atoms with Crippen LogP contribution in [0.25, 0.3) is 0 Å². The van der Waals surface area contributed by atoms with Crippen molar-refractivity contribution in [2.24, 2.45) is 0 Å². The fraction of sp³-hybridized carbons (Fsp3) is 0.385. The predicted octanol–water partition coefficient (Wildman–Crippen LogP) is 3.08. The lowest BCUT2D eigenvalue weighted by Crippen LogP contribution is -2.24. The number of carbonyl (C=O) groups is 2. The predicted molar refractivity (Wildman–Crippen MR) is 68.0 cm³/mol. The van der Waals surface area contributed by atoms with Gasteiger partial charge in [-0.2, -0.15) is 0 Å². The summed E-state index contributed by atoms with van der Waals surface area (Å²) < 4.78 is 9.75. The van der Waals surface area contributed by atoms with Crippen LogP contribution in [-0.2, 0) is 9.47 Å². The van der Waals surface area contributed by atoms with Crippen LogP contribution in [-0.4, -0.2) is 24.6 Å². The molecule has 0 spiro atoms. The van der Waals surface area contributed by atoms with Crippen LogP contribution in [0.4, 0.5) is 0 Å². The summed E-state index contributed by atoms with van der Waals surface area (Å²) in [5.74, 6) is -1.03. The molecule has 1 rings (SSSR count). The molecule has 0 N–H and O–H groups in total. The maximum atomic E-state index is 11.8. The summed E-state index contributed by atoms with van der Waals surface area (Å²) >= 11 is 5.95. The molecule has 0 aromatic heterocycles. The molecule has 1 aromatic rings. The Morgan fingerprint density at radius 2 is 1.78 bits per heavy atom. The van der Waals surface area contributed by atoms with Crippen molar-refractivity contribution in [3.05, 3.63) is 34.3 Å². The molecule has 0 bridgehead atoms.